The predicted octanol–water partition coefficient (Wildman–Crippen LogP) is 2.44. The number of methoxy groups -OCH3 is 2. The van der Waals surface area contributed by atoms with E-state index in [1.54, 1.807) is 0 Å². The van der Waals surface area contributed by atoms with Crippen LogP contribution in [-0.2, 0) is 9.53 Å². The zero-order valence-corrected chi connectivity index (χ0v) is 12.6. The van der Waals surface area contributed by atoms with E-state index in [1.165, 1.54) is 32.4 Å². The van der Waals surface area contributed by atoms with Crippen LogP contribution in [0.2, 0.25) is 0 Å². The number of rotatable bonds is 6. The van der Waals surface area contributed by atoms with Gasteiger partial charge in [0.1, 0.15) is 18.3 Å². The van der Waals surface area contributed by atoms with Gasteiger partial charge in [0.15, 0.2) is 17.2 Å². The third-order valence-corrected chi connectivity index (χ3v) is 3.59. The number of aromatic hydroxyl groups is 1. The third-order valence-electron chi connectivity index (χ3n) is 3.59. The minimum absolute atomic E-state index is 0.0222. The minimum atomic E-state index is -0.532. The Bertz CT molecular complexity index is 720. The first-order chi connectivity index (χ1) is 11.1. The summed E-state index contributed by atoms with van der Waals surface area (Å²) < 4.78 is 10.1. The first kappa shape index (κ1) is 16.4. The summed E-state index contributed by atoms with van der Waals surface area (Å²) in [5.41, 5.74) is 0.751. The molecular formula is C16H15NO6. The molecular weight excluding hydrogens is 302 g/mol. The predicted molar refractivity (Wildman–Crippen MR) is 82.0 cm³/mol. The van der Waals surface area contributed by atoms with Crippen molar-refractivity contribution in [1.82, 2.24) is 0 Å². The molecule has 0 saturated heterocycles. The molecule has 23 heavy (non-hydrogen) atoms. The largest absolute Gasteiger partial charge is 0.504 e. The normalized spacial score (nSPS) is 17.3. The van der Waals surface area contributed by atoms with Crippen molar-refractivity contribution in [3.8, 4) is 11.5 Å². The van der Waals surface area contributed by atoms with Gasteiger partial charge in [0.2, 0.25) is 0 Å². The molecule has 1 aromatic rings. The monoisotopic (exact) mass is 317 g/mol. The highest BCUT2D eigenvalue weighted by atomic mass is 16.5. The Kier molecular flexibility index (Phi) is 4.90. The van der Waals surface area contributed by atoms with Crippen molar-refractivity contribution in [2.24, 2.45) is 11.1 Å². The lowest BCUT2D eigenvalue weighted by Crippen LogP contribution is -2.11. The molecule has 0 bridgehead atoms. The number of carbonyl (C=O) groups excluding carboxylic acids is 2. The van der Waals surface area contributed by atoms with E-state index >= 15 is 0 Å². The molecule has 0 heterocycles. The number of carbonyl (C=O) groups is 2. The van der Waals surface area contributed by atoms with Gasteiger partial charge in [0.25, 0.3) is 0 Å². The van der Waals surface area contributed by atoms with Crippen molar-refractivity contribution in [3.05, 3.63) is 45.7 Å². The fraction of sp³-hybridized carbons (Fsp3) is 0.250. The van der Waals surface area contributed by atoms with E-state index in [4.69, 9.17) is 9.47 Å². The van der Waals surface area contributed by atoms with Crippen LogP contribution in [0.15, 0.2) is 34.8 Å². The van der Waals surface area contributed by atoms with E-state index < -0.39 is 5.92 Å². The van der Waals surface area contributed by atoms with Crippen LogP contribution in [0.5, 0.6) is 11.5 Å². The summed E-state index contributed by atoms with van der Waals surface area (Å²) in [6.45, 7) is 0. The number of allylic oxidation sites excluding steroid dienone is 2. The number of benzene rings is 1. The Labute approximate surface area is 132 Å². The maximum absolute atomic E-state index is 11.2. The van der Waals surface area contributed by atoms with Gasteiger partial charge in [-0.05, 0) is 35.4 Å². The Hall–Kier alpha value is -2.96. The Balaban J connectivity index is 2.73. The second-order valence-electron chi connectivity index (χ2n) is 4.89. The summed E-state index contributed by atoms with van der Waals surface area (Å²) in [5, 5.41) is 13.3. The van der Waals surface area contributed by atoms with Gasteiger partial charge < -0.3 is 19.4 Å². The van der Waals surface area contributed by atoms with Crippen LogP contribution in [-0.4, -0.2) is 31.9 Å². The van der Waals surface area contributed by atoms with E-state index in [0.29, 0.717) is 18.1 Å². The molecule has 7 heteroatoms. The number of phenols is 1. The summed E-state index contributed by atoms with van der Waals surface area (Å²) in [6, 6.07) is 2.78. The number of hydrogen-bond acceptors (Lipinski definition) is 7. The standard InChI is InChI=1S/C16H15NO6/c1-22-13-5-9(7-18)3-11(15(13)17-21)12-4-10(8-19)6-14(23-2)16(12)20/h4-9,20H,3H2,1-2H3. The van der Waals surface area contributed by atoms with Crippen LogP contribution in [0.4, 0.5) is 0 Å². The summed E-state index contributed by atoms with van der Waals surface area (Å²) in [6.07, 6.45) is 2.94. The van der Waals surface area contributed by atoms with E-state index in [-0.39, 0.29) is 40.5 Å². The van der Waals surface area contributed by atoms with Crippen LogP contribution in [0.1, 0.15) is 22.3 Å². The molecule has 0 amide bonds. The molecule has 0 aliphatic heterocycles. The molecule has 1 aliphatic carbocycles. The molecule has 120 valence electrons. The summed E-state index contributed by atoms with van der Waals surface area (Å²) in [5.74, 6) is -0.543. The molecule has 0 radical (unpaired) electrons. The number of nitroso groups, excluding NO2 is 1. The van der Waals surface area contributed by atoms with Gasteiger partial charge in [0, 0.05) is 17.0 Å². The zero-order valence-electron chi connectivity index (χ0n) is 12.6. The zero-order chi connectivity index (χ0) is 17.0. The second kappa shape index (κ2) is 6.87. The Morgan fingerprint density at radius 3 is 2.52 bits per heavy atom. The van der Waals surface area contributed by atoms with Gasteiger partial charge in [-0.1, -0.05) is 0 Å². The number of aldehydes is 2. The lowest BCUT2D eigenvalue weighted by atomic mass is 9.87. The molecule has 1 aromatic carbocycles. The second-order valence-corrected chi connectivity index (χ2v) is 4.89. The quantitative estimate of drug-likeness (QED) is 0.638. The number of hydrogen-bond donors (Lipinski definition) is 1. The van der Waals surface area contributed by atoms with Crippen LogP contribution >= 0.6 is 0 Å². The van der Waals surface area contributed by atoms with Gasteiger partial charge in [-0.2, -0.15) is 0 Å². The summed E-state index contributed by atoms with van der Waals surface area (Å²) in [7, 11) is 2.69. The van der Waals surface area contributed by atoms with Gasteiger partial charge in [-0.3, -0.25) is 4.79 Å². The lowest BCUT2D eigenvalue weighted by molar-refractivity contribution is -0.109. The van der Waals surface area contributed by atoms with Gasteiger partial charge >= 0.3 is 0 Å². The molecule has 1 aliphatic rings. The van der Waals surface area contributed by atoms with Crippen molar-refractivity contribution in [3.63, 3.8) is 0 Å². The molecule has 0 fully saturated rings. The first-order valence-electron chi connectivity index (χ1n) is 6.74. The topological polar surface area (TPSA) is 102 Å². The molecule has 0 spiro atoms. The average molecular weight is 317 g/mol. The molecule has 2 rings (SSSR count). The third kappa shape index (κ3) is 2.98. The van der Waals surface area contributed by atoms with Gasteiger partial charge in [0.05, 0.1) is 14.2 Å². The van der Waals surface area contributed by atoms with Crippen molar-refractivity contribution < 1.29 is 24.2 Å². The van der Waals surface area contributed by atoms with Crippen molar-refractivity contribution in [1.29, 1.82) is 0 Å². The highest BCUT2D eigenvalue weighted by Crippen LogP contribution is 2.42. The van der Waals surface area contributed by atoms with Crippen molar-refractivity contribution in [2.45, 2.75) is 6.42 Å². The van der Waals surface area contributed by atoms with E-state index in [9.17, 15) is 19.6 Å². The molecule has 0 saturated carbocycles. The maximum Gasteiger partial charge on any atom is 0.165 e. The number of ether oxygens (including phenoxy) is 2. The van der Waals surface area contributed by atoms with E-state index in [1.807, 2.05) is 0 Å². The smallest absolute Gasteiger partial charge is 0.165 e. The fourth-order valence-corrected chi connectivity index (χ4v) is 2.49. The molecule has 1 N–H and O–H groups in total. The van der Waals surface area contributed by atoms with E-state index in [0.717, 1.165) is 0 Å². The number of phenolic OH excluding ortho intramolecular Hbond substituents is 1. The minimum Gasteiger partial charge on any atom is -0.504 e. The van der Waals surface area contributed by atoms with Crippen LogP contribution in [0.3, 0.4) is 0 Å². The molecule has 1 unspecified atom stereocenters. The molecule has 1 atom stereocenters. The maximum atomic E-state index is 11.2. The summed E-state index contributed by atoms with van der Waals surface area (Å²) >= 11 is 0. The molecule has 7 nitrogen and oxygen atoms in total. The Morgan fingerprint density at radius 1 is 1.26 bits per heavy atom. The first-order valence-corrected chi connectivity index (χ1v) is 6.74. The highest BCUT2D eigenvalue weighted by Gasteiger charge is 2.27. The van der Waals surface area contributed by atoms with Crippen LogP contribution < -0.4 is 4.74 Å². The van der Waals surface area contributed by atoms with Gasteiger partial charge in [-0.15, -0.1) is 4.91 Å². The lowest BCUT2D eigenvalue weighted by Gasteiger charge is -2.21. The van der Waals surface area contributed by atoms with Crippen LogP contribution in [0.25, 0.3) is 5.57 Å². The van der Waals surface area contributed by atoms with Crippen LogP contribution in [0, 0.1) is 10.8 Å². The van der Waals surface area contributed by atoms with Gasteiger partial charge in [-0.25, -0.2) is 0 Å². The van der Waals surface area contributed by atoms with Crippen molar-refractivity contribution in [2.75, 3.05) is 14.2 Å². The van der Waals surface area contributed by atoms with Crippen molar-refractivity contribution >= 4 is 18.1 Å². The summed E-state index contributed by atoms with van der Waals surface area (Å²) in [4.78, 5) is 33.5. The molecule has 0 aromatic heterocycles. The average Bonchev–Trinajstić information content (AvgIpc) is 2.60. The number of nitrogens with zero attached hydrogens (tertiary/aromatic N) is 1. The highest BCUT2D eigenvalue weighted by molar-refractivity contribution is 5.86. The van der Waals surface area contributed by atoms with E-state index in [2.05, 4.69) is 5.18 Å². The fourth-order valence-electron chi connectivity index (χ4n) is 2.49. The SMILES string of the molecule is COC1=CC(C=O)CC(c2cc(C=O)cc(OC)c2O)=C1N=O. The Morgan fingerprint density at radius 2 is 2.00 bits per heavy atom.